The molecule has 0 saturated heterocycles. The van der Waals surface area contributed by atoms with E-state index >= 15 is 0 Å². The van der Waals surface area contributed by atoms with Crippen molar-refractivity contribution in [3.05, 3.63) is 5.82 Å². The first-order valence-electron chi connectivity index (χ1n) is 5.08. The summed E-state index contributed by atoms with van der Waals surface area (Å²) < 4.78 is 33.3. The van der Waals surface area contributed by atoms with Crippen LogP contribution in [0.1, 0.15) is 5.82 Å². The highest BCUT2D eigenvalue weighted by Gasteiger charge is 2.21. The Morgan fingerprint density at radius 1 is 1.05 bits per heavy atom. The number of aryl methyl sites for hydroxylation is 1. The maximum Gasteiger partial charge on any atom is 0.324 e. The Morgan fingerprint density at radius 3 is 2.00 bits per heavy atom. The lowest BCUT2D eigenvalue weighted by Gasteiger charge is -2.04. The van der Waals surface area contributed by atoms with E-state index in [1.54, 1.807) is 0 Å². The molecule has 0 atom stereocenters. The Bertz CT molecular complexity index is 723. The van der Waals surface area contributed by atoms with Crippen LogP contribution in [0.4, 0.5) is 0 Å². The average molecular weight is 321 g/mol. The molecule has 0 fully saturated rings. The van der Waals surface area contributed by atoms with Crippen LogP contribution in [0.2, 0.25) is 0 Å². The summed E-state index contributed by atoms with van der Waals surface area (Å²) in [4.78, 5) is 15.4. The predicted molar refractivity (Wildman–Crippen MR) is 65.6 cm³/mol. The molecule has 10 nitrogen and oxygen atoms in total. The van der Waals surface area contributed by atoms with Crippen LogP contribution >= 0.6 is 10.7 Å². The molecule has 0 aliphatic carbocycles. The normalized spacial score (nSPS) is 11.4. The molecule has 108 valence electrons. The number of aromatic nitrogens is 6. The van der Waals surface area contributed by atoms with Crippen LogP contribution in [0.15, 0.2) is 5.16 Å². The molecule has 20 heavy (non-hydrogen) atoms. The minimum Gasteiger partial charge on any atom is -0.467 e. The second-order valence-corrected chi connectivity index (χ2v) is 5.86. The highest BCUT2D eigenvalue weighted by Crippen LogP contribution is 2.15. The third kappa shape index (κ3) is 2.77. The van der Waals surface area contributed by atoms with Crippen LogP contribution in [0.3, 0.4) is 0 Å². The van der Waals surface area contributed by atoms with E-state index in [0.717, 1.165) is 4.68 Å². The SMILES string of the molecule is COc1nc(OC)nc(-n2nc(S(=O)(=O)Cl)nc2C)n1. The number of ether oxygens (including phenoxy) is 2. The van der Waals surface area contributed by atoms with Crippen molar-refractivity contribution >= 4 is 19.7 Å². The molecule has 0 N–H and O–H groups in total. The molecule has 0 aliphatic heterocycles. The topological polar surface area (TPSA) is 122 Å². The van der Waals surface area contributed by atoms with Gasteiger partial charge in [0.2, 0.25) is 0 Å². The Balaban J connectivity index is 2.59. The van der Waals surface area contributed by atoms with E-state index < -0.39 is 14.2 Å². The van der Waals surface area contributed by atoms with Gasteiger partial charge in [-0.2, -0.15) is 14.6 Å². The summed E-state index contributed by atoms with van der Waals surface area (Å²) in [5.41, 5.74) is 0. The molecule has 0 aliphatic rings. The monoisotopic (exact) mass is 320 g/mol. The van der Waals surface area contributed by atoms with Gasteiger partial charge in [-0.1, -0.05) is 0 Å². The molecule has 0 bridgehead atoms. The number of halogens is 1. The molecular weight excluding hydrogens is 312 g/mol. The fraction of sp³-hybridized carbons (Fsp3) is 0.375. The first kappa shape index (κ1) is 14.4. The van der Waals surface area contributed by atoms with Crippen LogP contribution in [0, 0.1) is 6.92 Å². The molecule has 0 radical (unpaired) electrons. The van der Waals surface area contributed by atoms with Crippen molar-refractivity contribution in [2.75, 3.05) is 14.2 Å². The highest BCUT2D eigenvalue weighted by molar-refractivity contribution is 8.13. The summed E-state index contributed by atoms with van der Waals surface area (Å²) in [7, 11) is 3.86. The van der Waals surface area contributed by atoms with Crippen LogP contribution in [-0.4, -0.2) is 52.4 Å². The van der Waals surface area contributed by atoms with Gasteiger partial charge in [-0.3, -0.25) is 0 Å². The number of methoxy groups -OCH3 is 2. The fourth-order valence-corrected chi connectivity index (χ4v) is 1.88. The standard InChI is InChI=1S/C8H9ClN6O4S/c1-4-10-8(20(9,16)17)14-15(4)5-11-6(18-2)13-7(12-5)19-3/h1-3H3. The lowest BCUT2D eigenvalue weighted by molar-refractivity contribution is 0.338. The molecule has 2 rings (SSSR count). The van der Waals surface area contributed by atoms with Crippen molar-refractivity contribution in [3.8, 4) is 18.0 Å². The number of hydrogen-bond acceptors (Lipinski definition) is 9. The summed E-state index contributed by atoms with van der Waals surface area (Å²) >= 11 is 0. The summed E-state index contributed by atoms with van der Waals surface area (Å²) in [5, 5.41) is 3.18. The van der Waals surface area contributed by atoms with Gasteiger partial charge in [0.15, 0.2) is 0 Å². The molecule has 2 aromatic heterocycles. The average Bonchev–Trinajstić information content (AvgIpc) is 2.80. The Hall–Kier alpha value is -2.01. The third-order valence-corrected chi connectivity index (χ3v) is 3.13. The summed E-state index contributed by atoms with van der Waals surface area (Å²) in [6, 6.07) is -0.0333. The number of hydrogen-bond donors (Lipinski definition) is 0. The van der Waals surface area contributed by atoms with Gasteiger partial charge in [-0.25, -0.2) is 13.4 Å². The van der Waals surface area contributed by atoms with Crippen LogP contribution in [0.25, 0.3) is 5.95 Å². The van der Waals surface area contributed by atoms with E-state index in [2.05, 4.69) is 25.0 Å². The van der Waals surface area contributed by atoms with Crippen molar-refractivity contribution in [1.82, 2.24) is 29.7 Å². The van der Waals surface area contributed by atoms with Gasteiger partial charge in [0.25, 0.3) is 20.2 Å². The first-order chi connectivity index (χ1) is 9.35. The minimum absolute atomic E-state index is 0.00901. The highest BCUT2D eigenvalue weighted by atomic mass is 35.7. The lowest BCUT2D eigenvalue weighted by atomic mass is 10.7. The predicted octanol–water partition coefficient (Wildman–Crippen LogP) is -0.295. The Morgan fingerprint density at radius 2 is 1.60 bits per heavy atom. The Kier molecular flexibility index (Phi) is 3.72. The van der Waals surface area contributed by atoms with Crippen LogP contribution in [-0.2, 0) is 9.05 Å². The Labute approximate surface area is 118 Å². The number of rotatable bonds is 4. The van der Waals surface area contributed by atoms with Gasteiger partial charge < -0.3 is 9.47 Å². The first-order valence-corrected chi connectivity index (χ1v) is 7.39. The second kappa shape index (κ2) is 5.17. The molecule has 0 saturated carbocycles. The van der Waals surface area contributed by atoms with E-state index in [9.17, 15) is 8.42 Å². The lowest BCUT2D eigenvalue weighted by Crippen LogP contribution is -2.09. The van der Waals surface area contributed by atoms with Gasteiger partial charge in [0.1, 0.15) is 5.82 Å². The van der Waals surface area contributed by atoms with Crippen molar-refractivity contribution in [3.63, 3.8) is 0 Å². The van der Waals surface area contributed by atoms with Crippen LogP contribution in [0.5, 0.6) is 12.0 Å². The van der Waals surface area contributed by atoms with Gasteiger partial charge in [-0.05, 0) is 6.92 Å². The van der Waals surface area contributed by atoms with Gasteiger partial charge in [0.05, 0.1) is 14.2 Å². The zero-order valence-electron chi connectivity index (χ0n) is 10.6. The maximum atomic E-state index is 11.2. The molecule has 0 unspecified atom stereocenters. The van der Waals surface area contributed by atoms with E-state index in [0.29, 0.717) is 0 Å². The summed E-state index contributed by atoms with van der Waals surface area (Å²) in [6.07, 6.45) is 0. The largest absolute Gasteiger partial charge is 0.467 e. The maximum absolute atomic E-state index is 11.2. The van der Waals surface area contributed by atoms with Crippen molar-refractivity contribution < 1.29 is 17.9 Å². The van der Waals surface area contributed by atoms with Crippen LogP contribution < -0.4 is 9.47 Å². The number of nitrogens with zero attached hydrogens (tertiary/aromatic N) is 6. The fourth-order valence-electron chi connectivity index (χ4n) is 1.26. The van der Waals surface area contributed by atoms with Gasteiger partial charge in [-0.15, -0.1) is 10.1 Å². The smallest absolute Gasteiger partial charge is 0.324 e. The molecular formula is C8H9ClN6O4S. The zero-order chi connectivity index (χ0) is 14.9. The second-order valence-electron chi connectivity index (χ2n) is 3.40. The summed E-state index contributed by atoms with van der Waals surface area (Å²) in [5.74, 6) is 0.213. The van der Waals surface area contributed by atoms with Gasteiger partial charge in [0, 0.05) is 10.7 Å². The van der Waals surface area contributed by atoms with Crippen molar-refractivity contribution in [2.45, 2.75) is 12.1 Å². The third-order valence-electron chi connectivity index (χ3n) is 2.10. The molecule has 12 heteroatoms. The quantitative estimate of drug-likeness (QED) is 0.699. The summed E-state index contributed by atoms with van der Waals surface area (Å²) in [6.45, 7) is 1.52. The molecule has 2 aromatic rings. The molecule has 0 amide bonds. The zero-order valence-corrected chi connectivity index (χ0v) is 12.2. The van der Waals surface area contributed by atoms with Crippen molar-refractivity contribution in [1.29, 1.82) is 0 Å². The molecule has 2 heterocycles. The van der Waals surface area contributed by atoms with Gasteiger partial charge >= 0.3 is 12.0 Å². The minimum atomic E-state index is -4.05. The van der Waals surface area contributed by atoms with E-state index in [1.807, 2.05) is 0 Å². The van der Waals surface area contributed by atoms with E-state index in [-0.39, 0.29) is 23.8 Å². The van der Waals surface area contributed by atoms with E-state index in [4.69, 9.17) is 20.2 Å². The molecule has 0 spiro atoms. The van der Waals surface area contributed by atoms with Crippen molar-refractivity contribution in [2.24, 2.45) is 0 Å². The van der Waals surface area contributed by atoms with E-state index in [1.165, 1.54) is 21.1 Å². The molecule has 0 aromatic carbocycles.